The van der Waals surface area contributed by atoms with Crippen molar-refractivity contribution in [2.45, 2.75) is 64.6 Å². The van der Waals surface area contributed by atoms with Gasteiger partial charge < -0.3 is 15.4 Å². The van der Waals surface area contributed by atoms with Crippen LogP contribution in [0.1, 0.15) is 49.3 Å². The first-order valence-electron chi connectivity index (χ1n) is 9.51. The fraction of sp³-hybridized carbons (Fsp3) is 0.737. The Kier molecular flexibility index (Phi) is 6.31. The van der Waals surface area contributed by atoms with Crippen LogP contribution in [-0.4, -0.2) is 31.3 Å². The normalized spacial score (nSPS) is 29.4. The van der Waals surface area contributed by atoms with Gasteiger partial charge in [0.25, 0.3) is 0 Å². The standard InChI is InChI=1S/C19H29N3OS.HI/c1-3-13-6-7-14(24-13)12-21-18(20-4-2)22-16-15-8-11-23-17(15)19(16)9-5-10-19;/h6-7,15-17H,3-5,8-12H2,1-2H3,(H2,20,21,22);1H. The average Bonchev–Trinajstić information content (AvgIpc) is 3.16. The molecule has 0 aromatic carbocycles. The van der Waals surface area contributed by atoms with E-state index in [9.17, 15) is 0 Å². The number of fused-ring (bicyclic) bond motifs is 2. The van der Waals surface area contributed by atoms with E-state index in [0.29, 0.717) is 23.5 Å². The molecule has 4 nitrogen and oxygen atoms in total. The Morgan fingerprint density at radius 3 is 2.76 bits per heavy atom. The summed E-state index contributed by atoms with van der Waals surface area (Å²) >= 11 is 1.88. The van der Waals surface area contributed by atoms with Crippen molar-refractivity contribution in [1.29, 1.82) is 0 Å². The first kappa shape index (κ1) is 19.4. The molecule has 2 aliphatic carbocycles. The molecule has 2 saturated carbocycles. The van der Waals surface area contributed by atoms with Gasteiger partial charge >= 0.3 is 0 Å². The molecule has 3 atom stereocenters. The van der Waals surface area contributed by atoms with Crippen molar-refractivity contribution in [2.75, 3.05) is 13.2 Å². The maximum Gasteiger partial charge on any atom is 0.191 e. The van der Waals surface area contributed by atoms with E-state index in [1.807, 2.05) is 11.3 Å². The smallest absolute Gasteiger partial charge is 0.191 e. The summed E-state index contributed by atoms with van der Waals surface area (Å²) in [6.45, 7) is 6.96. The Hall–Kier alpha value is -0.340. The highest BCUT2D eigenvalue weighted by atomic mass is 127. The van der Waals surface area contributed by atoms with E-state index in [0.717, 1.165) is 32.1 Å². The zero-order valence-electron chi connectivity index (χ0n) is 15.2. The van der Waals surface area contributed by atoms with Crippen LogP contribution in [0.5, 0.6) is 0 Å². The van der Waals surface area contributed by atoms with Crippen molar-refractivity contribution in [3.8, 4) is 0 Å². The Bertz CT molecular complexity index is 614. The predicted octanol–water partition coefficient (Wildman–Crippen LogP) is 3.94. The SMILES string of the molecule is CCNC(=NCc1ccc(CC)s1)NC1C2CCOC2C12CCC2.I. The van der Waals surface area contributed by atoms with E-state index >= 15 is 0 Å². The number of ether oxygens (including phenoxy) is 1. The van der Waals surface area contributed by atoms with Gasteiger partial charge in [-0.15, -0.1) is 35.3 Å². The first-order valence-corrected chi connectivity index (χ1v) is 10.3. The molecule has 1 aromatic rings. The third kappa shape index (κ3) is 3.46. The van der Waals surface area contributed by atoms with Gasteiger partial charge in [-0.05, 0) is 44.7 Å². The van der Waals surface area contributed by atoms with E-state index in [2.05, 4.69) is 36.6 Å². The molecule has 1 aliphatic heterocycles. The Balaban J connectivity index is 0.00000182. The van der Waals surface area contributed by atoms with E-state index in [4.69, 9.17) is 9.73 Å². The predicted molar refractivity (Wildman–Crippen MR) is 115 cm³/mol. The number of rotatable bonds is 5. The molecule has 0 bridgehead atoms. The van der Waals surface area contributed by atoms with Crippen LogP contribution in [0.2, 0.25) is 0 Å². The zero-order valence-corrected chi connectivity index (χ0v) is 18.4. The van der Waals surface area contributed by atoms with Gasteiger partial charge in [-0.25, -0.2) is 4.99 Å². The van der Waals surface area contributed by atoms with Crippen molar-refractivity contribution in [3.05, 3.63) is 21.9 Å². The molecule has 3 unspecified atom stereocenters. The van der Waals surface area contributed by atoms with Gasteiger partial charge in [0.15, 0.2) is 5.96 Å². The van der Waals surface area contributed by atoms with Gasteiger partial charge in [0.1, 0.15) is 0 Å². The molecule has 4 rings (SSSR count). The highest BCUT2D eigenvalue weighted by Gasteiger charge is 2.66. The topological polar surface area (TPSA) is 45.7 Å². The van der Waals surface area contributed by atoms with Crippen molar-refractivity contribution in [1.82, 2.24) is 10.6 Å². The lowest BCUT2D eigenvalue weighted by atomic mass is 9.46. The van der Waals surface area contributed by atoms with Crippen LogP contribution < -0.4 is 10.6 Å². The average molecular weight is 475 g/mol. The second-order valence-corrected chi connectivity index (χ2v) is 8.62. The minimum atomic E-state index is 0. The minimum absolute atomic E-state index is 0. The van der Waals surface area contributed by atoms with E-state index in [-0.39, 0.29) is 24.0 Å². The van der Waals surface area contributed by atoms with Gasteiger partial charge in [0.05, 0.1) is 12.6 Å². The minimum Gasteiger partial charge on any atom is -0.377 e. The van der Waals surface area contributed by atoms with E-state index in [1.165, 1.54) is 35.4 Å². The second kappa shape index (κ2) is 8.13. The Morgan fingerprint density at radius 2 is 2.12 bits per heavy atom. The van der Waals surface area contributed by atoms with Crippen molar-refractivity contribution < 1.29 is 4.74 Å². The molecule has 140 valence electrons. The fourth-order valence-electron chi connectivity index (χ4n) is 4.78. The summed E-state index contributed by atoms with van der Waals surface area (Å²) in [5.74, 6) is 1.66. The van der Waals surface area contributed by atoms with Gasteiger partial charge in [0.2, 0.25) is 0 Å². The molecule has 6 heteroatoms. The maximum atomic E-state index is 6.03. The highest BCUT2D eigenvalue weighted by Crippen LogP contribution is 2.62. The van der Waals surface area contributed by atoms with Crippen molar-refractivity contribution >= 4 is 41.3 Å². The molecule has 0 radical (unpaired) electrons. The molecule has 3 fully saturated rings. The lowest BCUT2D eigenvalue weighted by molar-refractivity contribution is -0.171. The van der Waals surface area contributed by atoms with Gasteiger partial charge in [0, 0.05) is 40.3 Å². The lowest BCUT2D eigenvalue weighted by Crippen LogP contribution is -2.72. The quantitative estimate of drug-likeness (QED) is 0.385. The number of thiophene rings is 1. The van der Waals surface area contributed by atoms with Crippen LogP contribution in [0.3, 0.4) is 0 Å². The van der Waals surface area contributed by atoms with Crippen molar-refractivity contribution in [2.24, 2.45) is 16.3 Å². The van der Waals surface area contributed by atoms with Crippen LogP contribution in [0.25, 0.3) is 0 Å². The molecular weight excluding hydrogens is 445 g/mol. The Morgan fingerprint density at radius 1 is 1.32 bits per heavy atom. The van der Waals surface area contributed by atoms with E-state index in [1.54, 1.807) is 0 Å². The third-order valence-corrected chi connectivity index (χ3v) is 7.35. The number of hydrogen-bond acceptors (Lipinski definition) is 3. The second-order valence-electron chi connectivity index (χ2n) is 7.37. The monoisotopic (exact) mass is 475 g/mol. The van der Waals surface area contributed by atoms with E-state index < -0.39 is 0 Å². The van der Waals surface area contributed by atoms with Gasteiger partial charge in [-0.2, -0.15) is 0 Å². The van der Waals surface area contributed by atoms with Crippen LogP contribution in [0, 0.1) is 11.3 Å². The number of guanidine groups is 1. The summed E-state index contributed by atoms with van der Waals surface area (Å²) in [6, 6.07) is 4.99. The highest BCUT2D eigenvalue weighted by molar-refractivity contribution is 14.0. The number of nitrogens with one attached hydrogen (secondary N) is 2. The maximum absolute atomic E-state index is 6.03. The summed E-state index contributed by atoms with van der Waals surface area (Å²) in [4.78, 5) is 7.64. The van der Waals surface area contributed by atoms with Crippen LogP contribution >= 0.6 is 35.3 Å². The van der Waals surface area contributed by atoms with Gasteiger partial charge in [-0.1, -0.05) is 13.3 Å². The van der Waals surface area contributed by atoms with Gasteiger partial charge in [-0.3, -0.25) is 0 Å². The number of halogens is 1. The molecule has 2 N–H and O–H groups in total. The first-order chi connectivity index (χ1) is 11.8. The molecule has 1 saturated heterocycles. The summed E-state index contributed by atoms with van der Waals surface area (Å²) in [5.41, 5.74) is 0.398. The molecule has 2 heterocycles. The van der Waals surface area contributed by atoms with Crippen molar-refractivity contribution in [3.63, 3.8) is 0 Å². The van der Waals surface area contributed by atoms with Crippen LogP contribution in [0.4, 0.5) is 0 Å². The summed E-state index contributed by atoms with van der Waals surface area (Å²) in [5, 5.41) is 7.21. The summed E-state index contributed by atoms with van der Waals surface area (Å²) < 4.78 is 6.03. The Labute approximate surface area is 172 Å². The fourth-order valence-corrected chi connectivity index (χ4v) is 5.66. The number of nitrogens with zero attached hydrogens (tertiary/aromatic N) is 1. The molecular formula is C19H30IN3OS. The lowest BCUT2D eigenvalue weighted by Gasteiger charge is -2.63. The number of hydrogen-bond donors (Lipinski definition) is 2. The summed E-state index contributed by atoms with van der Waals surface area (Å²) in [6.07, 6.45) is 6.81. The molecule has 1 aromatic heterocycles. The summed E-state index contributed by atoms with van der Waals surface area (Å²) in [7, 11) is 0. The third-order valence-electron chi connectivity index (χ3n) is 6.13. The van der Waals surface area contributed by atoms with Crippen LogP contribution in [-0.2, 0) is 17.7 Å². The zero-order chi connectivity index (χ0) is 16.6. The number of aliphatic imine (C=N–C) groups is 1. The number of aryl methyl sites for hydroxylation is 1. The molecule has 0 amide bonds. The molecule has 3 aliphatic rings. The van der Waals surface area contributed by atoms with Crippen LogP contribution in [0.15, 0.2) is 17.1 Å². The molecule has 1 spiro atoms. The molecule has 25 heavy (non-hydrogen) atoms. The largest absolute Gasteiger partial charge is 0.377 e.